The molecule has 2 rings (SSSR count). The van der Waals surface area contributed by atoms with Crippen LogP contribution >= 0.6 is 0 Å². The fraction of sp³-hybridized carbons (Fsp3) is 0.677. The Morgan fingerprint density at radius 2 is 1.30 bits per heavy atom. The molecular weight excluding hydrogens is 466 g/mol. The van der Waals surface area contributed by atoms with Gasteiger partial charge >= 0.3 is 11.9 Å². The van der Waals surface area contributed by atoms with Crippen LogP contribution in [0.4, 0.5) is 0 Å². The monoisotopic (exact) mass is 515 g/mol. The lowest BCUT2D eigenvalue weighted by Gasteiger charge is -2.07. The molecule has 208 valence electrons. The highest BCUT2D eigenvalue weighted by Gasteiger charge is 2.19. The summed E-state index contributed by atoms with van der Waals surface area (Å²) in [4.78, 5) is 16.3. The van der Waals surface area contributed by atoms with Gasteiger partial charge in [0.25, 0.3) is 0 Å². The number of carbonyl (C=O) groups excluding carboxylic acids is 1. The molecule has 1 aromatic heterocycles. The van der Waals surface area contributed by atoms with E-state index in [0.29, 0.717) is 24.8 Å². The number of oxazole rings is 1. The van der Waals surface area contributed by atoms with Crippen LogP contribution in [0.25, 0.3) is 11.5 Å². The highest BCUT2D eigenvalue weighted by molar-refractivity contribution is 5.73. The molecule has 1 aromatic carbocycles. The minimum Gasteiger partial charge on any atom is -0.494 e. The second kappa shape index (κ2) is 19.6. The number of nitrogens with zero attached hydrogens (tertiary/aromatic N) is 1. The van der Waals surface area contributed by atoms with Crippen LogP contribution in [-0.2, 0) is 16.0 Å². The summed E-state index contributed by atoms with van der Waals surface area (Å²) in [6.45, 7) is 7.40. The summed E-state index contributed by atoms with van der Waals surface area (Å²) in [5.74, 6) is 1.17. The van der Waals surface area contributed by atoms with Gasteiger partial charge in [-0.05, 0) is 44.5 Å². The fourth-order valence-electron chi connectivity index (χ4n) is 4.35. The molecular formula is C31H49NO5. The van der Waals surface area contributed by atoms with Crippen molar-refractivity contribution in [3.63, 3.8) is 0 Å². The van der Waals surface area contributed by atoms with Gasteiger partial charge < -0.3 is 18.6 Å². The third-order valence-electron chi connectivity index (χ3n) is 6.42. The van der Waals surface area contributed by atoms with Gasteiger partial charge in [-0.15, -0.1) is 0 Å². The number of unbranched alkanes of at least 4 members (excludes halogenated alkanes) is 13. The van der Waals surface area contributed by atoms with Crippen LogP contribution in [-0.4, -0.2) is 30.8 Å². The first-order valence-corrected chi connectivity index (χ1v) is 14.7. The Hall–Kier alpha value is -2.50. The molecule has 1 heterocycles. The van der Waals surface area contributed by atoms with Gasteiger partial charge in [-0.1, -0.05) is 90.4 Å². The van der Waals surface area contributed by atoms with Gasteiger partial charge in [0, 0.05) is 5.56 Å². The molecule has 0 bridgehead atoms. The molecule has 37 heavy (non-hydrogen) atoms. The predicted octanol–water partition coefficient (Wildman–Crippen LogP) is 8.71. The zero-order valence-electron chi connectivity index (χ0n) is 23.5. The fourth-order valence-corrected chi connectivity index (χ4v) is 4.35. The van der Waals surface area contributed by atoms with Crippen molar-refractivity contribution >= 4 is 5.97 Å². The maximum atomic E-state index is 11.9. The van der Waals surface area contributed by atoms with Gasteiger partial charge in [0.1, 0.15) is 11.4 Å². The van der Waals surface area contributed by atoms with Gasteiger partial charge in [0.2, 0.25) is 5.89 Å². The van der Waals surface area contributed by atoms with Crippen molar-refractivity contribution in [2.75, 3.05) is 19.8 Å². The molecule has 0 fully saturated rings. The molecule has 0 aliphatic heterocycles. The first-order chi connectivity index (χ1) is 18.2. The first-order valence-electron chi connectivity index (χ1n) is 14.7. The van der Waals surface area contributed by atoms with Crippen molar-refractivity contribution in [2.24, 2.45) is 0 Å². The SMILES string of the molecule is CCCCCCCCCCCCCCCCOc1ccc(-c2nc(CC(=O)OCC)c(OCC)o2)cc1. The Morgan fingerprint density at radius 3 is 1.84 bits per heavy atom. The summed E-state index contributed by atoms with van der Waals surface area (Å²) >= 11 is 0. The standard InChI is InChI=1S/C31H49NO5/c1-4-7-8-9-10-11-12-13-14-15-16-17-18-19-24-36-27-22-20-26(21-23-27)30-32-28(25-29(33)34-5-2)31(37-30)35-6-3/h20-23H,4-19,24-25H2,1-3H3. The van der Waals surface area contributed by atoms with Gasteiger partial charge in [0.05, 0.1) is 26.2 Å². The Labute approximate surface area is 224 Å². The van der Waals surface area contributed by atoms with E-state index < -0.39 is 0 Å². The third-order valence-corrected chi connectivity index (χ3v) is 6.42. The van der Waals surface area contributed by atoms with Crippen LogP contribution in [0.5, 0.6) is 11.7 Å². The molecule has 6 nitrogen and oxygen atoms in total. The summed E-state index contributed by atoms with van der Waals surface area (Å²) < 4.78 is 22.2. The van der Waals surface area contributed by atoms with Crippen LogP contribution < -0.4 is 9.47 Å². The minimum atomic E-state index is -0.351. The molecule has 0 saturated heterocycles. The number of ether oxygens (including phenoxy) is 3. The molecule has 0 radical (unpaired) electrons. The summed E-state index contributed by atoms with van der Waals surface area (Å²) in [7, 11) is 0. The molecule has 2 aromatic rings. The Kier molecular flexibility index (Phi) is 16.3. The van der Waals surface area contributed by atoms with E-state index >= 15 is 0 Å². The lowest BCUT2D eigenvalue weighted by atomic mass is 10.0. The van der Waals surface area contributed by atoms with Crippen LogP contribution in [0.1, 0.15) is 116 Å². The zero-order chi connectivity index (χ0) is 26.6. The summed E-state index contributed by atoms with van der Waals surface area (Å²) in [5, 5.41) is 0. The van der Waals surface area contributed by atoms with Gasteiger partial charge in [-0.3, -0.25) is 4.79 Å². The van der Waals surface area contributed by atoms with E-state index in [1.54, 1.807) is 6.92 Å². The highest BCUT2D eigenvalue weighted by Crippen LogP contribution is 2.29. The van der Waals surface area contributed by atoms with Crippen LogP contribution in [0.15, 0.2) is 28.7 Å². The van der Waals surface area contributed by atoms with Crippen LogP contribution in [0, 0.1) is 0 Å². The lowest BCUT2D eigenvalue weighted by molar-refractivity contribution is -0.142. The molecule has 0 N–H and O–H groups in total. The summed E-state index contributed by atoms with van der Waals surface area (Å²) in [6.07, 6.45) is 18.9. The average molecular weight is 516 g/mol. The predicted molar refractivity (Wildman–Crippen MR) is 149 cm³/mol. The Morgan fingerprint density at radius 1 is 0.730 bits per heavy atom. The molecule has 0 atom stereocenters. The molecule has 0 aliphatic rings. The quantitative estimate of drug-likeness (QED) is 0.115. The number of carbonyl (C=O) groups is 1. The number of benzene rings is 1. The van der Waals surface area contributed by atoms with Crippen LogP contribution in [0.2, 0.25) is 0 Å². The van der Waals surface area contributed by atoms with Gasteiger partial charge in [-0.2, -0.15) is 0 Å². The first kappa shape index (κ1) is 30.7. The van der Waals surface area contributed by atoms with E-state index in [-0.39, 0.29) is 18.3 Å². The highest BCUT2D eigenvalue weighted by atomic mass is 16.6. The Bertz CT molecular complexity index is 846. The molecule has 0 spiro atoms. The smallest absolute Gasteiger partial charge is 0.312 e. The summed E-state index contributed by atoms with van der Waals surface area (Å²) in [5.41, 5.74) is 1.26. The maximum Gasteiger partial charge on any atom is 0.312 e. The van der Waals surface area contributed by atoms with Gasteiger partial charge in [-0.25, -0.2) is 4.98 Å². The maximum absolute atomic E-state index is 11.9. The lowest BCUT2D eigenvalue weighted by Crippen LogP contribution is -2.09. The number of esters is 1. The second-order valence-corrected chi connectivity index (χ2v) is 9.64. The molecule has 6 heteroatoms. The van der Waals surface area contributed by atoms with Gasteiger partial charge in [0.15, 0.2) is 0 Å². The van der Waals surface area contributed by atoms with E-state index in [2.05, 4.69) is 11.9 Å². The topological polar surface area (TPSA) is 70.8 Å². The molecule has 0 amide bonds. The van der Waals surface area contributed by atoms with Crippen molar-refractivity contribution in [3.05, 3.63) is 30.0 Å². The number of aromatic nitrogens is 1. The number of hydrogen-bond donors (Lipinski definition) is 0. The van der Waals surface area contributed by atoms with E-state index in [1.807, 2.05) is 31.2 Å². The summed E-state index contributed by atoms with van der Waals surface area (Å²) in [6, 6.07) is 7.68. The third kappa shape index (κ3) is 13.0. The normalized spacial score (nSPS) is 11.0. The van der Waals surface area contributed by atoms with Crippen molar-refractivity contribution in [1.29, 1.82) is 0 Å². The largest absolute Gasteiger partial charge is 0.494 e. The van der Waals surface area contributed by atoms with Crippen LogP contribution in [0.3, 0.4) is 0 Å². The molecule has 0 saturated carbocycles. The number of hydrogen-bond acceptors (Lipinski definition) is 6. The van der Waals surface area contributed by atoms with E-state index in [9.17, 15) is 4.79 Å². The van der Waals surface area contributed by atoms with Crippen molar-refractivity contribution in [1.82, 2.24) is 4.98 Å². The van der Waals surface area contributed by atoms with E-state index in [4.69, 9.17) is 18.6 Å². The molecule has 0 aliphatic carbocycles. The molecule has 0 unspecified atom stereocenters. The van der Waals surface area contributed by atoms with E-state index in [0.717, 1.165) is 24.3 Å². The van der Waals surface area contributed by atoms with E-state index in [1.165, 1.54) is 83.5 Å². The second-order valence-electron chi connectivity index (χ2n) is 9.64. The minimum absolute atomic E-state index is 0.0209. The number of rotatable bonds is 22. The average Bonchev–Trinajstić information content (AvgIpc) is 3.29. The Balaban J connectivity index is 1.59. The van der Waals surface area contributed by atoms with Crippen molar-refractivity contribution in [2.45, 2.75) is 117 Å². The van der Waals surface area contributed by atoms with Crippen molar-refractivity contribution < 1.29 is 23.4 Å². The zero-order valence-corrected chi connectivity index (χ0v) is 23.5. The van der Waals surface area contributed by atoms with Crippen molar-refractivity contribution in [3.8, 4) is 23.1 Å².